The first-order valence-corrected chi connectivity index (χ1v) is 28.6. The molecule has 21 heteroatoms. The van der Waals surface area contributed by atoms with Gasteiger partial charge < -0.3 is 60.0 Å². The Kier molecular flexibility index (Phi) is 17.9. The molecular weight excluding hydrogens is 1080 g/mol. The lowest BCUT2D eigenvalue weighted by Crippen LogP contribution is -2.46. The minimum atomic E-state index is -0.267. The number of piperazine rings is 1. The quantitative estimate of drug-likeness (QED) is 0.0667. The number of likely N-dealkylation sites (N-methyl/N-ethyl adjacent to an activating group) is 1. The van der Waals surface area contributed by atoms with Gasteiger partial charge in [-0.2, -0.15) is 10.5 Å². The van der Waals surface area contributed by atoms with E-state index in [0.29, 0.717) is 62.1 Å². The van der Waals surface area contributed by atoms with Crippen LogP contribution < -0.4 is 47.3 Å². The number of ether oxygens (including phenoxy) is 2. The van der Waals surface area contributed by atoms with Crippen molar-refractivity contribution in [3.05, 3.63) is 200 Å². The lowest BCUT2D eigenvalue weighted by Gasteiger charge is -2.35. The number of anilines is 8. The summed E-state index contributed by atoms with van der Waals surface area (Å²) in [5.41, 5.74) is 7.99. The number of rotatable bonds is 12. The minimum Gasteiger partial charge on any atom is -0.378 e. The van der Waals surface area contributed by atoms with Crippen LogP contribution in [-0.2, 0) is 16.0 Å². The Hall–Kier alpha value is -10.5. The molecule has 6 N–H and O–H groups in total. The van der Waals surface area contributed by atoms with Crippen LogP contribution in [0.2, 0.25) is 0 Å². The molecule has 10 aromatic rings. The maximum atomic E-state index is 12.8. The van der Waals surface area contributed by atoms with Crippen LogP contribution >= 0.6 is 0 Å². The van der Waals surface area contributed by atoms with Crippen LogP contribution in [0.1, 0.15) is 29.2 Å². The van der Waals surface area contributed by atoms with Gasteiger partial charge in [-0.15, -0.1) is 0 Å². The van der Waals surface area contributed by atoms with Crippen LogP contribution in [0.5, 0.6) is 0 Å². The zero-order valence-corrected chi connectivity index (χ0v) is 47.8. The van der Waals surface area contributed by atoms with Crippen molar-refractivity contribution in [1.29, 1.82) is 10.5 Å². The third-order valence-electron chi connectivity index (χ3n) is 15.5. The van der Waals surface area contributed by atoms with E-state index in [2.05, 4.69) is 104 Å². The third-order valence-corrected chi connectivity index (χ3v) is 15.5. The number of aromatic nitrogens is 7. The number of morpholine rings is 2. The second-order valence-electron chi connectivity index (χ2n) is 20.7. The number of fused-ring (bicyclic) bond motifs is 3. The van der Waals surface area contributed by atoms with Gasteiger partial charge in [0.05, 0.1) is 59.4 Å². The van der Waals surface area contributed by atoms with Crippen molar-refractivity contribution in [1.82, 2.24) is 39.8 Å². The Labute approximate surface area is 495 Å². The molecule has 3 aromatic carbocycles. The lowest BCUT2D eigenvalue weighted by atomic mass is 10.1. The molecule has 7 aromatic heterocycles. The maximum absolute atomic E-state index is 12.8. The number of hydrogen-bond donors (Lipinski definition) is 6. The highest BCUT2D eigenvalue weighted by atomic mass is 16.5. The van der Waals surface area contributed by atoms with Crippen molar-refractivity contribution in [3.8, 4) is 23.4 Å². The molecule has 0 atom stereocenters. The molecule has 0 aliphatic carbocycles. The monoisotopic (exact) mass is 1150 g/mol. The molecule has 10 heterocycles. The molecule has 0 spiro atoms. The fraction of sp³-hybridized carbons (Fsp3) is 0.246. The summed E-state index contributed by atoms with van der Waals surface area (Å²) in [5.74, 6) is 2.24. The smallest absolute Gasteiger partial charge is 0.259 e. The molecule has 86 heavy (non-hydrogen) atoms. The number of pyridine rings is 7. The van der Waals surface area contributed by atoms with E-state index in [1.807, 2.05) is 85.8 Å². The van der Waals surface area contributed by atoms with Gasteiger partial charge in [-0.25, -0.2) is 15.0 Å². The van der Waals surface area contributed by atoms with Gasteiger partial charge in [-0.3, -0.25) is 19.4 Å². The van der Waals surface area contributed by atoms with Crippen molar-refractivity contribution >= 4 is 78.3 Å². The van der Waals surface area contributed by atoms with Crippen molar-refractivity contribution in [2.75, 3.05) is 116 Å². The normalized spacial score (nSPS) is 14.3. The van der Waals surface area contributed by atoms with Gasteiger partial charge in [-0.05, 0) is 109 Å². The Morgan fingerprint density at radius 1 is 0.593 bits per heavy atom. The van der Waals surface area contributed by atoms with Gasteiger partial charge in [0.2, 0.25) is 0 Å². The number of nitriles is 2. The van der Waals surface area contributed by atoms with E-state index >= 15 is 0 Å². The fourth-order valence-electron chi connectivity index (χ4n) is 10.7. The highest BCUT2D eigenvalue weighted by Gasteiger charge is 2.22. The molecule has 434 valence electrons. The second kappa shape index (κ2) is 26.9. The van der Waals surface area contributed by atoms with Gasteiger partial charge in [0, 0.05) is 135 Å². The number of nitrogens with one attached hydrogen (secondary N) is 6. The average molecular weight is 1150 g/mol. The van der Waals surface area contributed by atoms with Gasteiger partial charge in [0.1, 0.15) is 35.4 Å². The molecule has 0 bridgehead atoms. The summed E-state index contributed by atoms with van der Waals surface area (Å²) in [5, 5.41) is 32.0. The Bertz CT molecular complexity index is 4270. The average Bonchev–Trinajstić information content (AvgIpc) is 3.63. The zero-order valence-electron chi connectivity index (χ0n) is 47.8. The number of aryl methyl sites for hydroxylation is 1. The lowest BCUT2D eigenvalue weighted by molar-refractivity contribution is 0.122. The molecule has 0 unspecified atom stereocenters. The molecule has 13 rings (SSSR count). The minimum absolute atomic E-state index is 0.174. The summed E-state index contributed by atoms with van der Waals surface area (Å²) in [4.78, 5) is 72.8. The molecule has 0 radical (unpaired) electrons. The third kappa shape index (κ3) is 13.2. The molecule has 0 saturated carbocycles. The van der Waals surface area contributed by atoms with E-state index in [1.54, 1.807) is 24.7 Å². The summed E-state index contributed by atoms with van der Waals surface area (Å²) >= 11 is 0. The first kappa shape index (κ1) is 57.4. The molecule has 3 saturated heterocycles. The molecule has 3 aliphatic heterocycles. The Balaban J connectivity index is 0.000000138. The molecule has 3 fully saturated rings. The molecule has 0 amide bonds. The van der Waals surface area contributed by atoms with Crippen LogP contribution in [0.4, 0.5) is 46.0 Å². The van der Waals surface area contributed by atoms with E-state index in [4.69, 9.17) is 24.7 Å². The first-order valence-electron chi connectivity index (χ1n) is 28.6. The summed E-state index contributed by atoms with van der Waals surface area (Å²) in [7, 11) is 0. The topological polar surface area (TPSA) is 265 Å². The van der Waals surface area contributed by atoms with Crippen LogP contribution in [0, 0.1) is 29.6 Å². The van der Waals surface area contributed by atoms with E-state index < -0.39 is 0 Å². The Morgan fingerprint density at radius 3 is 1.80 bits per heavy atom. The fourth-order valence-corrected chi connectivity index (χ4v) is 10.7. The highest BCUT2D eigenvalue weighted by Crippen LogP contribution is 2.32. The molecule has 21 nitrogen and oxygen atoms in total. The van der Waals surface area contributed by atoms with Crippen molar-refractivity contribution in [2.45, 2.75) is 20.4 Å². The summed E-state index contributed by atoms with van der Waals surface area (Å²) in [6.45, 7) is 15.9. The van der Waals surface area contributed by atoms with Crippen LogP contribution in [0.25, 0.3) is 43.6 Å². The van der Waals surface area contributed by atoms with Gasteiger partial charge >= 0.3 is 0 Å². The van der Waals surface area contributed by atoms with Crippen molar-refractivity contribution in [3.63, 3.8) is 0 Å². The molecule has 3 aliphatic rings. The number of nitrogens with zero attached hydrogens (tertiary/aromatic N) is 10. The summed E-state index contributed by atoms with van der Waals surface area (Å²) in [6.07, 6.45) is 9.72. The summed E-state index contributed by atoms with van der Waals surface area (Å²) < 4.78 is 10.9. The van der Waals surface area contributed by atoms with Crippen molar-refractivity contribution < 1.29 is 9.47 Å². The van der Waals surface area contributed by atoms with Crippen LogP contribution in [0.15, 0.2) is 161 Å². The van der Waals surface area contributed by atoms with Gasteiger partial charge in [0.15, 0.2) is 0 Å². The number of benzene rings is 3. The number of hydrogen-bond acceptors (Lipinski definition) is 18. The van der Waals surface area contributed by atoms with Crippen LogP contribution in [-0.4, -0.2) is 125 Å². The predicted molar refractivity (Wildman–Crippen MR) is 338 cm³/mol. The predicted octanol–water partition coefficient (Wildman–Crippen LogP) is 8.80. The first-order chi connectivity index (χ1) is 42.1. The van der Waals surface area contributed by atoms with Crippen molar-refractivity contribution in [2.24, 2.45) is 0 Å². The molecular formula is C65H64N16O5. The van der Waals surface area contributed by atoms with E-state index in [0.717, 1.165) is 142 Å². The standard InChI is InChI=1S/C25H29N7O2.C24H23N5O2.C16H12N4O/c1-2-30-7-9-32(10-8-30)22-15-21-18(16-26)17-27-25(33)23(21)24(29-22)28-19-3-5-20(6-4-19)31-11-13-34-14-12-31;1-16-6-8-25-15-20(16)21-14-17-7-9-26-24(30)22(17)23(28-21)27-18-2-4-19(5-3-18)29-10-12-31-13-11-29;17-8-12-10-20-15(14-13(12)6-7-18-16(14)21)19-9-11-4-2-1-3-5-11/h3-6,15,17H,2,7-14H2,1H3,(H,27,33)(H,28,29);2-9,14-15H,10-13H2,1H3,(H,26,30)(H,27,28);1-7,10H,9H2,(H,18,21)(H,19,20). The largest absolute Gasteiger partial charge is 0.378 e. The highest BCUT2D eigenvalue weighted by molar-refractivity contribution is 5.98. The van der Waals surface area contributed by atoms with Gasteiger partial charge in [0.25, 0.3) is 16.7 Å². The van der Waals surface area contributed by atoms with E-state index in [-0.39, 0.29) is 16.7 Å². The van der Waals surface area contributed by atoms with E-state index in [1.165, 1.54) is 18.6 Å². The van der Waals surface area contributed by atoms with E-state index in [9.17, 15) is 19.6 Å². The SMILES string of the molecule is CCN1CCN(c2cc3c(C#N)c[nH]c(=O)c3c(Nc3ccc(N4CCOCC4)cc3)n2)CC1.Cc1ccncc1-c1cc2cc[nH]c(=O)c2c(Nc2ccc(N3CCOCC3)cc2)n1.N#Cc1cnc(NCc2ccccc2)c2c(=O)[nH]ccc12. The number of H-pyrrole nitrogens is 3. The second-order valence-corrected chi connectivity index (χ2v) is 20.7. The number of aromatic amines is 3. The van der Waals surface area contributed by atoms with Gasteiger partial charge in [-0.1, -0.05) is 37.3 Å². The maximum Gasteiger partial charge on any atom is 0.259 e. The zero-order chi connectivity index (χ0) is 59.4. The Morgan fingerprint density at radius 2 is 1.19 bits per heavy atom. The summed E-state index contributed by atoms with van der Waals surface area (Å²) in [6, 6.07) is 39.8. The van der Waals surface area contributed by atoms with Crippen LogP contribution in [0.3, 0.4) is 0 Å².